The third-order valence-electron chi connectivity index (χ3n) is 4.35. The molecule has 108 valence electrons. The van der Waals surface area contributed by atoms with Gasteiger partial charge >= 0.3 is 0 Å². The minimum absolute atomic E-state index is 0.505. The van der Waals surface area contributed by atoms with E-state index in [1.807, 2.05) is 0 Å². The number of fused-ring (bicyclic) bond motifs is 1. The van der Waals surface area contributed by atoms with Gasteiger partial charge in [0.1, 0.15) is 5.82 Å². The molecule has 0 amide bonds. The van der Waals surface area contributed by atoms with Gasteiger partial charge in [0.2, 0.25) is 0 Å². The van der Waals surface area contributed by atoms with Gasteiger partial charge in [-0.3, -0.25) is 0 Å². The summed E-state index contributed by atoms with van der Waals surface area (Å²) in [4.78, 5) is 4.90. The molecule has 2 rings (SSSR count). The molecule has 2 heterocycles. The molecule has 0 spiro atoms. The van der Waals surface area contributed by atoms with Crippen LogP contribution in [0.15, 0.2) is 0 Å². The second kappa shape index (κ2) is 6.08. The average molecular weight is 263 g/mol. The Morgan fingerprint density at radius 2 is 2.00 bits per heavy atom. The molecule has 0 fully saturated rings. The van der Waals surface area contributed by atoms with Gasteiger partial charge in [-0.2, -0.15) is 0 Å². The van der Waals surface area contributed by atoms with Gasteiger partial charge in [-0.1, -0.05) is 34.1 Å². The normalized spacial score (nSPS) is 18.4. The summed E-state index contributed by atoms with van der Waals surface area (Å²) in [5.74, 6) is 2.57. The summed E-state index contributed by atoms with van der Waals surface area (Å²) in [5.41, 5.74) is 2.77. The van der Waals surface area contributed by atoms with Crippen LogP contribution in [0.25, 0.3) is 0 Å². The summed E-state index contributed by atoms with van der Waals surface area (Å²) >= 11 is 0. The fourth-order valence-electron chi connectivity index (χ4n) is 3.11. The minimum atomic E-state index is 0.505. The molecular formula is C16H29N3. The van der Waals surface area contributed by atoms with Gasteiger partial charge in [0, 0.05) is 37.2 Å². The molecule has 0 bridgehead atoms. The first-order chi connectivity index (χ1) is 9.04. The maximum absolute atomic E-state index is 4.90. The molecule has 1 aromatic rings. The fraction of sp³-hybridized carbons (Fsp3) is 0.812. The fourth-order valence-corrected chi connectivity index (χ4v) is 3.11. The second-order valence-corrected chi connectivity index (χ2v) is 6.41. The highest BCUT2D eigenvalue weighted by molar-refractivity contribution is 5.22. The van der Waals surface area contributed by atoms with Crippen LogP contribution in [-0.2, 0) is 13.0 Å². The standard InChI is InChI=1S/C16H29N3/c1-6-12(4)9-13(5)19-15-7-8-17-10-14(15)18-16(19)11(2)3/h11-13,17H,6-10H2,1-5H3. The van der Waals surface area contributed by atoms with Crippen molar-refractivity contribution in [3.05, 3.63) is 17.2 Å². The first kappa shape index (κ1) is 14.6. The molecule has 0 saturated heterocycles. The molecule has 0 saturated carbocycles. The lowest BCUT2D eigenvalue weighted by atomic mass is 9.99. The Morgan fingerprint density at radius 1 is 1.26 bits per heavy atom. The third-order valence-corrected chi connectivity index (χ3v) is 4.35. The van der Waals surface area contributed by atoms with Crippen LogP contribution in [0.2, 0.25) is 0 Å². The lowest BCUT2D eigenvalue weighted by Gasteiger charge is -2.24. The summed E-state index contributed by atoms with van der Waals surface area (Å²) in [6.45, 7) is 13.6. The first-order valence-corrected chi connectivity index (χ1v) is 7.85. The molecule has 2 unspecified atom stereocenters. The SMILES string of the molecule is CCC(C)CC(C)n1c(C(C)C)nc2c1CCNC2. The van der Waals surface area contributed by atoms with Gasteiger partial charge in [0.25, 0.3) is 0 Å². The maximum Gasteiger partial charge on any atom is 0.112 e. The number of hydrogen-bond donors (Lipinski definition) is 1. The molecule has 1 aliphatic rings. The smallest absolute Gasteiger partial charge is 0.112 e. The molecule has 0 aliphatic carbocycles. The van der Waals surface area contributed by atoms with Gasteiger partial charge in [0.05, 0.1) is 5.69 Å². The number of nitrogens with zero attached hydrogens (tertiary/aromatic N) is 2. The van der Waals surface area contributed by atoms with E-state index in [9.17, 15) is 0 Å². The molecule has 2 atom stereocenters. The molecule has 1 aliphatic heterocycles. The van der Waals surface area contributed by atoms with Crippen molar-refractivity contribution in [3.63, 3.8) is 0 Å². The van der Waals surface area contributed by atoms with E-state index >= 15 is 0 Å². The number of rotatable bonds is 5. The van der Waals surface area contributed by atoms with E-state index in [2.05, 4.69) is 44.5 Å². The monoisotopic (exact) mass is 263 g/mol. The lowest BCUT2D eigenvalue weighted by molar-refractivity contribution is 0.378. The van der Waals surface area contributed by atoms with Crippen LogP contribution in [0.4, 0.5) is 0 Å². The van der Waals surface area contributed by atoms with Crippen LogP contribution in [0.3, 0.4) is 0 Å². The van der Waals surface area contributed by atoms with Crippen LogP contribution in [0, 0.1) is 5.92 Å². The third kappa shape index (κ3) is 3.02. The minimum Gasteiger partial charge on any atom is -0.329 e. The van der Waals surface area contributed by atoms with E-state index < -0.39 is 0 Å². The Kier molecular flexibility index (Phi) is 4.67. The number of aromatic nitrogens is 2. The van der Waals surface area contributed by atoms with Crippen molar-refractivity contribution < 1.29 is 0 Å². The molecule has 1 aromatic heterocycles. The zero-order valence-electron chi connectivity index (χ0n) is 13.2. The van der Waals surface area contributed by atoms with Crippen molar-refractivity contribution >= 4 is 0 Å². The quantitative estimate of drug-likeness (QED) is 0.879. The Balaban J connectivity index is 2.33. The number of hydrogen-bond acceptors (Lipinski definition) is 2. The van der Waals surface area contributed by atoms with Crippen molar-refractivity contribution in [2.45, 2.75) is 72.4 Å². The highest BCUT2D eigenvalue weighted by Crippen LogP contribution is 2.29. The van der Waals surface area contributed by atoms with E-state index in [-0.39, 0.29) is 0 Å². The van der Waals surface area contributed by atoms with Gasteiger partial charge in [-0.05, 0) is 19.3 Å². The van der Waals surface area contributed by atoms with Crippen LogP contribution >= 0.6 is 0 Å². The summed E-state index contributed by atoms with van der Waals surface area (Å²) in [6.07, 6.45) is 3.64. The van der Waals surface area contributed by atoms with Crippen molar-refractivity contribution in [3.8, 4) is 0 Å². The summed E-state index contributed by atoms with van der Waals surface area (Å²) in [6, 6.07) is 0.571. The highest BCUT2D eigenvalue weighted by Gasteiger charge is 2.24. The van der Waals surface area contributed by atoms with Gasteiger partial charge in [0.15, 0.2) is 0 Å². The lowest BCUT2D eigenvalue weighted by Crippen LogP contribution is -2.26. The van der Waals surface area contributed by atoms with E-state index in [0.717, 1.165) is 25.4 Å². The number of imidazole rings is 1. The predicted molar refractivity (Wildman–Crippen MR) is 80.5 cm³/mol. The zero-order valence-corrected chi connectivity index (χ0v) is 13.2. The largest absolute Gasteiger partial charge is 0.329 e. The van der Waals surface area contributed by atoms with Crippen LogP contribution < -0.4 is 5.32 Å². The second-order valence-electron chi connectivity index (χ2n) is 6.41. The Morgan fingerprint density at radius 3 is 2.63 bits per heavy atom. The van der Waals surface area contributed by atoms with E-state index in [0.29, 0.717) is 12.0 Å². The summed E-state index contributed by atoms with van der Waals surface area (Å²) in [7, 11) is 0. The van der Waals surface area contributed by atoms with Gasteiger partial charge < -0.3 is 9.88 Å². The van der Waals surface area contributed by atoms with Crippen LogP contribution in [0.1, 0.15) is 76.6 Å². The maximum atomic E-state index is 4.90. The van der Waals surface area contributed by atoms with Crippen molar-refractivity contribution in [1.29, 1.82) is 0 Å². The van der Waals surface area contributed by atoms with Gasteiger partial charge in [-0.15, -0.1) is 0 Å². The highest BCUT2D eigenvalue weighted by atomic mass is 15.1. The molecule has 1 N–H and O–H groups in total. The van der Waals surface area contributed by atoms with Crippen molar-refractivity contribution in [2.75, 3.05) is 6.54 Å². The Labute approximate surface area is 117 Å². The molecule has 19 heavy (non-hydrogen) atoms. The van der Waals surface area contributed by atoms with Gasteiger partial charge in [-0.25, -0.2) is 4.98 Å². The van der Waals surface area contributed by atoms with Crippen LogP contribution in [0.5, 0.6) is 0 Å². The zero-order chi connectivity index (χ0) is 14.0. The van der Waals surface area contributed by atoms with E-state index in [1.165, 1.54) is 30.1 Å². The van der Waals surface area contributed by atoms with E-state index in [4.69, 9.17) is 4.98 Å². The predicted octanol–water partition coefficient (Wildman–Crippen LogP) is 3.65. The van der Waals surface area contributed by atoms with E-state index in [1.54, 1.807) is 0 Å². The Bertz CT molecular complexity index is 420. The Hall–Kier alpha value is -0.830. The number of nitrogens with one attached hydrogen (secondary N) is 1. The molecule has 3 heteroatoms. The summed E-state index contributed by atoms with van der Waals surface area (Å²) in [5, 5.41) is 3.44. The van der Waals surface area contributed by atoms with Crippen LogP contribution in [-0.4, -0.2) is 16.1 Å². The summed E-state index contributed by atoms with van der Waals surface area (Å²) < 4.78 is 2.55. The topological polar surface area (TPSA) is 29.9 Å². The first-order valence-electron chi connectivity index (χ1n) is 7.85. The van der Waals surface area contributed by atoms with Crippen molar-refractivity contribution in [1.82, 2.24) is 14.9 Å². The molecule has 3 nitrogen and oxygen atoms in total. The average Bonchev–Trinajstić information content (AvgIpc) is 2.78. The molecule has 0 radical (unpaired) electrons. The molecular weight excluding hydrogens is 234 g/mol. The van der Waals surface area contributed by atoms with Crippen molar-refractivity contribution in [2.24, 2.45) is 5.92 Å². The molecule has 0 aromatic carbocycles.